The van der Waals surface area contributed by atoms with Crippen LogP contribution in [0.2, 0.25) is 0 Å². The van der Waals surface area contributed by atoms with Crippen LogP contribution in [0.3, 0.4) is 0 Å². The maximum Gasteiger partial charge on any atom is 0.229 e. The fourth-order valence-corrected chi connectivity index (χ4v) is 2.99. The van der Waals surface area contributed by atoms with Gasteiger partial charge in [0.25, 0.3) is 0 Å². The predicted molar refractivity (Wildman–Crippen MR) is 94.9 cm³/mol. The Morgan fingerprint density at radius 1 is 1.08 bits per heavy atom. The van der Waals surface area contributed by atoms with Crippen molar-refractivity contribution in [1.82, 2.24) is 9.97 Å². The molecule has 3 heterocycles. The molecule has 25 heavy (non-hydrogen) atoms. The lowest BCUT2D eigenvalue weighted by Crippen LogP contribution is -2.19. The van der Waals surface area contributed by atoms with Gasteiger partial charge in [-0.15, -0.1) is 0 Å². The minimum Gasteiger partial charge on any atom is -0.486 e. The van der Waals surface area contributed by atoms with Gasteiger partial charge in [0.15, 0.2) is 11.5 Å². The summed E-state index contributed by atoms with van der Waals surface area (Å²) in [4.78, 5) is 9.00. The number of aromatic nitrogens is 2. The molecular formula is C18H22N4O3. The van der Waals surface area contributed by atoms with Gasteiger partial charge in [0.2, 0.25) is 5.95 Å². The summed E-state index contributed by atoms with van der Waals surface area (Å²) in [5, 5.41) is 6.58. The second-order valence-electron chi connectivity index (χ2n) is 6.22. The zero-order valence-corrected chi connectivity index (χ0v) is 14.2. The van der Waals surface area contributed by atoms with Crippen LogP contribution in [0.15, 0.2) is 24.3 Å². The van der Waals surface area contributed by atoms with E-state index in [-0.39, 0.29) is 6.10 Å². The smallest absolute Gasteiger partial charge is 0.229 e. The van der Waals surface area contributed by atoms with Crippen LogP contribution in [0.1, 0.15) is 18.5 Å². The molecule has 2 aromatic rings. The molecule has 1 aromatic heterocycles. The van der Waals surface area contributed by atoms with Gasteiger partial charge in [-0.3, -0.25) is 0 Å². The maximum atomic E-state index is 5.64. The van der Waals surface area contributed by atoms with Crippen LogP contribution in [0.5, 0.6) is 11.5 Å². The van der Waals surface area contributed by atoms with E-state index in [1.54, 1.807) is 0 Å². The predicted octanol–water partition coefficient (Wildman–Crippen LogP) is 2.89. The van der Waals surface area contributed by atoms with Crippen LogP contribution < -0.4 is 20.1 Å². The Balaban J connectivity index is 1.46. The normalized spacial score (nSPS) is 18.8. The van der Waals surface area contributed by atoms with E-state index in [0.717, 1.165) is 54.7 Å². The molecule has 0 amide bonds. The zero-order valence-electron chi connectivity index (χ0n) is 14.2. The largest absolute Gasteiger partial charge is 0.486 e. The van der Waals surface area contributed by atoms with Crippen molar-refractivity contribution < 1.29 is 14.2 Å². The number of nitrogens with one attached hydrogen (secondary N) is 2. The highest BCUT2D eigenvalue weighted by molar-refractivity contribution is 5.61. The van der Waals surface area contributed by atoms with Gasteiger partial charge in [0.05, 0.1) is 6.10 Å². The van der Waals surface area contributed by atoms with Gasteiger partial charge >= 0.3 is 0 Å². The summed E-state index contributed by atoms with van der Waals surface area (Å²) < 4.78 is 16.8. The van der Waals surface area contributed by atoms with Crippen molar-refractivity contribution in [3.05, 3.63) is 30.0 Å². The molecule has 0 bridgehead atoms. The minimum absolute atomic E-state index is 0.268. The Morgan fingerprint density at radius 2 is 1.96 bits per heavy atom. The summed E-state index contributed by atoms with van der Waals surface area (Å²) in [5.41, 5.74) is 1.75. The number of fused-ring (bicyclic) bond motifs is 1. The van der Waals surface area contributed by atoms with Crippen molar-refractivity contribution in [3.63, 3.8) is 0 Å². The number of nitrogens with zero attached hydrogens (tertiary/aromatic N) is 2. The summed E-state index contributed by atoms with van der Waals surface area (Å²) >= 11 is 0. The molecule has 1 unspecified atom stereocenters. The molecule has 4 rings (SSSR count). The van der Waals surface area contributed by atoms with Crippen molar-refractivity contribution in [2.45, 2.75) is 25.9 Å². The highest BCUT2D eigenvalue weighted by Crippen LogP contribution is 2.33. The molecule has 1 saturated heterocycles. The van der Waals surface area contributed by atoms with Crippen molar-refractivity contribution >= 4 is 17.5 Å². The first-order chi connectivity index (χ1) is 12.3. The van der Waals surface area contributed by atoms with Gasteiger partial charge < -0.3 is 24.8 Å². The second kappa shape index (κ2) is 7.14. The molecule has 1 atom stereocenters. The number of benzene rings is 1. The summed E-state index contributed by atoms with van der Waals surface area (Å²) in [7, 11) is 0. The lowest BCUT2D eigenvalue weighted by atomic mass is 10.2. The molecule has 1 aromatic carbocycles. The number of hydrogen-bond acceptors (Lipinski definition) is 7. The molecule has 7 heteroatoms. The summed E-state index contributed by atoms with van der Waals surface area (Å²) in [5.74, 6) is 2.84. The van der Waals surface area contributed by atoms with Crippen LogP contribution in [-0.2, 0) is 4.74 Å². The quantitative estimate of drug-likeness (QED) is 0.865. The third-order valence-electron chi connectivity index (χ3n) is 4.19. The lowest BCUT2D eigenvalue weighted by Gasteiger charge is -2.19. The van der Waals surface area contributed by atoms with E-state index in [2.05, 4.69) is 20.6 Å². The molecule has 2 aliphatic heterocycles. The number of aryl methyl sites for hydroxylation is 1. The highest BCUT2D eigenvalue weighted by atomic mass is 16.6. The van der Waals surface area contributed by atoms with E-state index in [0.29, 0.717) is 19.2 Å². The van der Waals surface area contributed by atoms with E-state index < -0.39 is 0 Å². The van der Waals surface area contributed by atoms with E-state index in [9.17, 15) is 0 Å². The Kier molecular flexibility index (Phi) is 4.56. The van der Waals surface area contributed by atoms with Gasteiger partial charge in [-0.1, -0.05) is 0 Å². The first kappa shape index (κ1) is 16.0. The van der Waals surface area contributed by atoms with Crippen LogP contribution in [0, 0.1) is 6.92 Å². The van der Waals surface area contributed by atoms with E-state index >= 15 is 0 Å². The summed E-state index contributed by atoms with van der Waals surface area (Å²) in [6.07, 6.45) is 2.50. The van der Waals surface area contributed by atoms with Gasteiger partial charge in [-0.25, -0.2) is 4.98 Å². The number of rotatable bonds is 5. The van der Waals surface area contributed by atoms with Crippen molar-refractivity contribution in [1.29, 1.82) is 0 Å². The molecule has 1 fully saturated rings. The molecule has 0 radical (unpaired) electrons. The Hall–Kier alpha value is -2.54. The van der Waals surface area contributed by atoms with E-state index in [1.165, 1.54) is 0 Å². The summed E-state index contributed by atoms with van der Waals surface area (Å²) in [6.45, 7) is 4.72. The number of anilines is 3. The Labute approximate surface area is 146 Å². The second-order valence-corrected chi connectivity index (χ2v) is 6.22. The van der Waals surface area contributed by atoms with Gasteiger partial charge in [0.1, 0.15) is 19.0 Å². The fraction of sp³-hybridized carbons (Fsp3) is 0.444. The van der Waals surface area contributed by atoms with E-state index in [4.69, 9.17) is 14.2 Å². The monoisotopic (exact) mass is 342 g/mol. The minimum atomic E-state index is 0.268. The molecule has 0 saturated carbocycles. The Morgan fingerprint density at radius 3 is 2.80 bits per heavy atom. The fourth-order valence-electron chi connectivity index (χ4n) is 2.99. The van der Waals surface area contributed by atoms with Gasteiger partial charge in [0, 0.05) is 36.7 Å². The van der Waals surface area contributed by atoms with Gasteiger partial charge in [-0.05, 0) is 31.9 Å². The zero-order chi connectivity index (χ0) is 17.1. The van der Waals surface area contributed by atoms with Crippen LogP contribution >= 0.6 is 0 Å². The first-order valence-corrected chi connectivity index (χ1v) is 8.64. The first-order valence-electron chi connectivity index (χ1n) is 8.64. The molecular weight excluding hydrogens is 320 g/mol. The van der Waals surface area contributed by atoms with E-state index in [1.807, 2.05) is 31.2 Å². The molecule has 7 nitrogen and oxygen atoms in total. The molecule has 132 valence electrons. The average Bonchev–Trinajstić information content (AvgIpc) is 3.13. The highest BCUT2D eigenvalue weighted by Gasteiger charge is 2.16. The number of hydrogen-bond donors (Lipinski definition) is 2. The molecule has 0 spiro atoms. The topological polar surface area (TPSA) is 77.5 Å². The molecule has 0 aliphatic carbocycles. The van der Waals surface area contributed by atoms with Crippen molar-refractivity contribution in [2.24, 2.45) is 0 Å². The maximum absolute atomic E-state index is 5.64. The summed E-state index contributed by atoms with van der Waals surface area (Å²) in [6, 6.07) is 7.66. The third kappa shape index (κ3) is 3.93. The lowest BCUT2D eigenvalue weighted by molar-refractivity contribution is 0.120. The average molecular weight is 342 g/mol. The van der Waals surface area contributed by atoms with Crippen molar-refractivity contribution in [2.75, 3.05) is 37.0 Å². The standard InChI is InChI=1S/C18H22N4O3/c1-12-9-17(19-11-14-3-2-6-23-14)22-18(20-12)21-13-4-5-15-16(10-13)25-8-7-24-15/h4-5,9-10,14H,2-3,6-8,11H2,1H3,(H2,19,20,21,22). The third-order valence-corrected chi connectivity index (χ3v) is 4.19. The molecule has 2 N–H and O–H groups in total. The Bertz CT molecular complexity index is 747. The van der Waals surface area contributed by atoms with Crippen LogP contribution in [-0.4, -0.2) is 42.4 Å². The van der Waals surface area contributed by atoms with Crippen LogP contribution in [0.4, 0.5) is 17.5 Å². The van der Waals surface area contributed by atoms with Gasteiger partial charge in [-0.2, -0.15) is 4.98 Å². The van der Waals surface area contributed by atoms with Crippen molar-refractivity contribution in [3.8, 4) is 11.5 Å². The number of ether oxygens (including phenoxy) is 3. The van der Waals surface area contributed by atoms with Crippen LogP contribution in [0.25, 0.3) is 0 Å². The molecule has 2 aliphatic rings. The SMILES string of the molecule is Cc1cc(NCC2CCCO2)nc(Nc2ccc3c(c2)OCCO3)n1.